The summed E-state index contributed by atoms with van der Waals surface area (Å²) in [6.45, 7) is 2.19. The minimum absolute atomic E-state index is 0.0722. The molecule has 1 N–H and O–H groups in total. The van der Waals surface area contributed by atoms with Gasteiger partial charge in [0.2, 0.25) is 6.41 Å². The standard InChI is InChI=1S/C12H15N3O5/c1-19-12-7-10(14-2-4-20-5-3-14)11(15(17)18)6-9(12)13-8-16/h6-8H,2-5H2,1H3,(H,13,16). The van der Waals surface area contributed by atoms with Crippen molar-refractivity contribution in [2.75, 3.05) is 43.6 Å². The molecule has 2 rings (SSSR count). The Hall–Kier alpha value is -2.35. The van der Waals surface area contributed by atoms with E-state index in [2.05, 4.69) is 5.32 Å². The van der Waals surface area contributed by atoms with Gasteiger partial charge in [0.25, 0.3) is 5.69 Å². The lowest BCUT2D eigenvalue weighted by molar-refractivity contribution is -0.384. The minimum Gasteiger partial charge on any atom is -0.494 e. The van der Waals surface area contributed by atoms with Crippen molar-refractivity contribution in [3.05, 3.63) is 22.2 Å². The molecule has 0 aliphatic carbocycles. The highest BCUT2D eigenvalue weighted by Crippen LogP contribution is 2.38. The molecule has 108 valence electrons. The van der Waals surface area contributed by atoms with Crippen LogP contribution in [0.25, 0.3) is 0 Å². The Morgan fingerprint density at radius 2 is 2.15 bits per heavy atom. The molecule has 1 aliphatic heterocycles. The highest BCUT2D eigenvalue weighted by atomic mass is 16.6. The van der Waals surface area contributed by atoms with Crippen LogP contribution in [0.3, 0.4) is 0 Å². The van der Waals surface area contributed by atoms with Gasteiger partial charge in [-0.2, -0.15) is 0 Å². The SMILES string of the molecule is COc1cc(N2CCOCC2)c([N+](=O)[O-])cc1NC=O. The Morgan fingerprint density at radius 3 is 2.70 bits per heavy atom. The number of rotatable bonds is 5. The number of anilines is 2. The number of nitrogens with zero attached hydrogens (tertiary/aromatic N) is 2. The van der Waals surface area contributed by atoms with Gasteiger partial charge in [0.05, 0.1) is 30.9 Å². The van der Waals surface area contributed by atoms with Crippen molar-refractivity contribution in [1.82, 2.24) is 0 Å². The van der Waals surface area contributed by atoms with Crippen LogP contribution in [0.2, 0.25) is 0 Å². The number of ether oxygens (including phenoxy) is 2. The molecule has 0 atom stereocenters. The second-order valence-corrected chi connectivity index (χ2v) is 4.16. The summed E-state index contributed by atoms with van der Waals surface area (Å²) in [6, 6.07) is 2.87. The topological polar surface area (TPSA) is 93.9 Å². The van der Waals surface area contributed by atoms with Crippen LogP contribution in [0.15, 0.2) is 12.1 Å². The van der Waals surface area contributed by atoms with Crippen LogP contribution in [0.1, 0.15) is 0 Å². The summed E-state index contributed by atoms with van der Waals surface area (Å²) in [5.41, 5.74) is 0.662. The molecule has 0 bridgehead atoms. The van der Waals surface area contributed by atoms with Crippen molar-refractivity contribution in [3.8, 4) is 5.75 Å². The van der Waals surface area contributed by atoms with E-state index in [4.69, 9.17) is 9.47 Å². The Kier molecular flexibility index (Phi) is 4.36. The van der Waals surface area contributed by atoms with Crippen molar-refractivity contribution in [3.63, 3.8) is 0 Å². The molecule has 1 aliphatic rings. The average molecular weight is 281 g/mol. The fraction of sp³-hybridized carbons (Fsp3) is 0.417. The van der Waals surface area contributed by atoms with Gasteiger partial charge < -0.3 is 19.7 Å². The van der Waals surface area contributed by atoms with Gasteiger partial charge in [-0.25, -0.2) is 0 Å². The third kappa shape index (κ3) is 2.80. The Bertz CT molecular complexity index is 514. The number of hydrogen-bond acceptors (Lipinski definition) is 6. The van der Waals surface area contributed by atoms with Gasteiger partial charge in [-0.05, 0) is 0 Å². The smallest absolute Gasteiger partial charge is 0.294 e. The van der Waals surface area contributed by atoms with Crippen molar-refractivity contribution in [2.24, 2.45) is 0 Å². The van der Waals surface area contributed by atoms with Crippen molar-refractivity contribution in [2.45, 2.75) is 0 Å². The third-order valence-electron chi connectivity index (χ3n) is 3.06. The number of benzene rings is 1. The summed E-state index contributed by atoms with van der Waals surface area (Å²) in [7, 11) is 1.44. The molecule has 0 unspecified atom stereocenters. The van der Waals surface area contributed by atoms with Crippen LogP contribution in [0.5, 0.6) is 5.75 Å². The summed E-state index contributed by atoms with van der Waals surface area (Å²) in [4.78, 5) is 23.2. The predicted molar refractivity (Wildman–Crippen MR) is 72.4 cm³/mol. The van der Waals surface area contributed by atoms with Crippen LogP contribution in [-0.2, 0) is 9.53 Å². The zero-order valence-corrected chi connectivity index (χ0v) is 11.0. The first-order valence-corrected chi connectivity index (χ1v) is 6.06. The van der Waals surface area contributed by atoms with E-state index in [9.17, 15) is 14.9 Å². The minimum atomic E-state index is -0.472. The van der Waals surface area contributed by atoms with E-state index < -0.39 is 4.92 Å². The van der Waals surface area contributed by atoms with Crippen LogP contribution in [0.4, 0.5) is 17.1 Å². The fourth-order valence-electron chi connectivity index (χ4n) is 2.11. The second kappa shape index (κ2) is 6.20. The summed E-state index contributed by atoms with van der Waals surface area (Å²) in [6.07, 6.45) is 0.454. The van der Waals surface area contributed by atoms with E-state index in [0.717, 1.165) is 0 Å². The molecular weight excluding hydrogens is 266 g/mol. The van der Waals surface area contributed by atoms with Gasteiger partial charge in [-0.15, -0.1) is 0 Å². The van der Waals surface area contributed by atoms with Gasteiger partial charge >= 0.3 is 0 Å². The second-order valence-electron chi connectivity index (χ2n) is 4.16. The van der Waals surface area contributed by atoms with Gasteiger partial charge in [-0.1, -0.05) is 0 Å². The van der Waals surface area contributed by atoms with Crippen molar-refractivity contribution in [1.29, 1.82) is 0 Å². The van der Waals surface area contributed by atoms with Crippen LogP contribution in [-0.4, -0.2) is 44.7 Å². The molecular formula is C12H15N3O5. The average Bonchev–Trinajstić information content (AvgIpc) is 2.48. The number of nitro groups is 1. The van der Waals surface area contributed by atoms with Gasteiger partial charge in [-0.3, -0.25) is 14.9 Å². The van der Waals surface area contributed by atoms with E-state index in [1.54, 1.807) is 6.07 Å². The third-order valence-corrected chi connectivity index (χ3v) is 3.06. The van der Waals surface area contributed by atoms with E-state index >= 15 is 0 Å². The van der Waals surface area contributed by atoms with Gasteiger partial charge in [0.1, 0.15) is 11.4 Å². The molecule has 0 saturated carbocycles. The van der Waals surface area contributed by atoms with Gasteiger partial charge in [0.15, 0.2) is 0 Å². The fourth-order valence-corrected chi connectivity index (χ4v) is 2.11. The molecule has 0 aromatic heterocycles. The number of morpholine rings is 1. The van der Waals surface area contributed by atoms with Gasteiger partial charge in [0, 0.05) is 25.2 Å². The molecule has 1 fully saturated rings. The number of nitrogens with one attached hydrogen (secondary N) is 1. The lowest BCUT2D eigenvalue weighted by Crippen LogP contribution is -2.36. The number of carbonyl (C=O) groups is 1. The quantitative estimate of drug-likeness (QED) is 0.492. The molecule has 1 aromatic rings. The van der Waals surface area contributed by atoms with E-state index in [1.807, 2.05) is 4.90 Å². The molecule has 20 heavy (non-hydrogen) atoms. The van der Waals surface area contributed by atoms with Crippen LogP contribution >= 0.6 is 0 Å². The maximum Gasteiger partial charge on any atom is 0.294 e. The van der Waals surface area contributed by atoms with E-state index in [0.29, 0.717) is 44.2 Å². The lowest BCUT2D eigenvalue weighted by atomic mass is 10.2. The molecule has 1 saturated heterocycles. The summed E-state index contributed by atoms with van der Waals surface area (Å²) < 4.78 is 10.4. The normalized spacial score (nSPS) is 14.8. The number of carbonyl (C=O) groups excluding carboxylic acids is 1. The van der Waals surface area contributed by atoms with Crippen molar-refractivity contribution < 1.29 is 19.2 Å². The highest BCUT2D eigenvalue weighted by Gasteiger charge is 2.24. The van der Waals surface area contributed by atoms with E-state index in [1.165, 1.54) is 13.2 Å². The highest BCUT2D eigenvalue weighted by molar-refractivity contribution is 5.82. The molecule has 0 spiro atoms. The largest absolute Gasteiger partial charge is 0.494 e. The van der Waals surface area contributed by atoms with Crippen molar-refractivity contribution >= 4 is 23.5 Å². The predicted octanol–water partition coefficient (Wildman–Crippen LogP) is 1.01. The molecule has 8 heteroatoms. The molecule has 0 radical (unpaired) electrons. The molecule has 1 amide bonds. The molecule has 8 nitrogen and oxygen atoms in total. The molecule has 1 aromatic carbocycles. The maximum atomic E-state index is 11.2. The number of hydrogen-bond donors (Lipinski definition) is 1. The summed E-state index contributed by atoms with van der Waals surface area (Å²) in [5.74, 6) is 0.379. The lowest BCUT2D eigenvalue weighted by Gasteiger charge is -2.29. The first-order valence-electron chi connectivity index (χ1n) is 6.06. The number of methoxy groups -OCH3 is 1. The summed E-state index contributed by atoms with van der Waals surface area (Å²) >= 11 is 0. The zero-order chi connectivity index (χ0) is 14.5. The Morgan fingerprint density at radius 1 is 1.45 bits per heavy atom. The maximum absolute atomic E-state index is 11.2. The summed E-state index contributed by atoms with van der Waals surface area (Å²) in [5, 5.41) is 13.6. The number of amides is 1. The number of nitro benzene ring substituents is 1. The van der Waals surface area contributed by atoms with E-state index in [-0.39, 0.29) is 11.4 Å². The Balaban J connectivity index is 2.47. The Labute approximate surface area is 115 Å². The van der Waals surface area contributed by atoms with Crippen LogP contribution in [0, 0.1) is 10.1 Å². The zero-order valence-electron chi connectivity index (χ0n) is 11.0. The first kappa shape index (κ1) is 14.1. The molecule has 1 heterocycles. The monoisotopic (exact) mass is 281 g/mol. The first-order chi connectivity index (χ1) is 9.67. The van der Waals surface area contributed by atoms with Crippen LogP contribution < -0.4 is 15.0 Å².